The molecule has 1 aliphatic rings. The van der Waals surface area contributed by atoms with E-state index in [2.05, 4.69) is 6.92 Å². The Balaban J connectivity index is 1.87. The van der Waals surface area contributed by atoms with E-state index in [1.807, 2.05) is 0 Å². The fraction of sp³-hybridized carbons (Fsp3) is 0.938. The number of esters is 1. The number of hydrogen-bond acceptors (Lipinski definition) is 3. The van der Waals surface area contributed by atoms with Crippen molar-refractivity contribution >= 4 is 5.97 Å². The molecule has 112 valence electrons. The van der Waals surface area contributed by atoms with Crippen LogP contribution in [0.5, 0.6) is 0 Å². The van der Waals surface area contributed by atoms with Crippen LogP contribution >= 0.6 is 0 Å². The van der Waals surface area contributed by atoms with Crippen LogP contribution in [0.2, 0.25) is 0 Å². The van der Waals surface area contributed by atoms with E-state index in [9.17, 15) is 9.90 Å². The van der Waals surface area contributed by atoms with Crippen LogP contribution in [0.1, 0.15) is 84.0 Å². The summed E-state index contributed by atoms with van der Waals surface area (Å²) in [4.78, 5) is 11.2. The van der Waals surface area contributed by atoms with Crippen LogP contribution in [0.3, 0.4) is 0 Å². The first kappa shape index (κ1) is 16.5. The van der Waals surface area contributed by atoms with Crippen LogP contribution < -0.4 is 0 Å². The van der Waals surface area contributed by atoms with Crippen LogP contribution in [0.15, 0.2) is 0 Å². The monoisotopic (exact) mass is 270 g/mol. The highest BCUT2D eigenvalue weighted by Crippen LogP contribution is 2.20. The summed E-state index contributed by atoms with van der Waals surface area (Å²) in [6.45, 7) is 2.25. The molecule has 0 radical (unpaired) electrons. The van der Waals surface area contributed by atoms with E-state index >= 15 is 0 Å². The third-order valence-corrected chi connectivity index (χ3v) is 3.95. The number of carbonyl (C=O) groups excluding carboxylic acids is 1. The van der Waals surface area contributed by atoms with Gasteiger partial charge in [0.15, 0.2) is 6.10 Å². The molecule has 1 fully saturated rings. The summed E-state index contributed by atoms with van der Waals surface area (Å²) in [6, 6.07) is 0. The summed E-state index contributed by atoms with van der Waals surface area (Å²) in [7, 11) is 0. The van der Waals surface area contributed by atoms with E-state index in [0.717, 1.165) is 19.3 Å². The van der Waals surface area contributed by atoms with Gasteiger partial charge in [0, 0.05) is 0 Å². The molecule has 1 aliphatic heterocycles. The van der Waals surface area contributed by atoms with Gasteiger partial charge in [-0.15, -0.1) is 0 Å². The smallest absolute Gasteiger partial charge is 0.335 e. The molecule has 3 heteroatoms. The molecule has 1 N–H and O–H groups in total. The maximum atomic E-state index is 11.2. The Labute approximate surface area is 117 Å². The van der Waals surface area contributed by atoms with E-state index in [0.29, 0.717) is 6.42 Å². The Kier molecular flexibility index (Phi) is 8.89. The van der Waals surface area contributed by atoms with Crippen molar-refractivity contribution in [2.75, 3.05) is 0 Å². The topological polar surface area (TPSA) is 46.5 Å². The first-order valence-corrected chi connectivity index (χ1v) is 8.12. The highest BCUT2D eigenvalue weighted by atomic mass is 16.6. The second-order valence-electron chi connectivity index (χ2n) is 5.77. The van der Waals surface area contributed by atoms with E-state index in [1.54, 1.807) is 0 Å². The Hall–Kier alpha value is -0.570. The fourth-order valence-electron chi connectivity index (χ4n) is 2.65. The van der Waals surface area contributed by atoms with Gasteiger partial charge in [-0.2, -0.15) is 0 Å². The molecule has 0 bridgehead atoms. The van der Waals surface area contributed by atoms with Crippen molar-refractivity contribution in [1.82, 2.24) is 0 Å². The molecule has 0 spiro atoms. The van der Waals surface area contributed by atoms with Gasteiger partial charge in [0.2, 0.25) is 0 Å². The number of rotatable bonds is 10. The van der Waals surface area contributed by atoms with E-state index in [1.165, 1.54) is 51.4 Å². The van der Waals surface area contributed by atoms with Gasteiger partial charge in [-0.3, -0.25) is 0 Å². The van der Waals surface area contributed by atoms with Gasteiger partial charge < -0.3 is 9.84 Å². The number of carbonyl (C=O) groups is 1. The molecular weight excluding hydrogens is 240 g/mol. The van der Waals surface area contributed by atoms with Gasteiger partial charge >= 0.3 is 5.97 Å². The Morgan fingerprint density at radius 3 is 2.16 bits per heavy atom. The zero-order valence-corrected chi connectivity index (χ0v) is 12.4. The standard InChI is InChI=1S/C16H30O3/c1-2-3-4-5-6-7-8-9-10-11-14-12-13-15(17)16(18)19-14/h14-15,17H,2-13H2,1H3/t14-,15?/m1/s1. The molecule has 1 rings (SSSR count). The van der Waals surface area contributed by atoms with Crippen LogP contribution in [0.25, 0.3) is 0 Å². The molecule has 1 saturated heterocycles. The second kappa shape index (κ2) is 10.2. The molecule has 0 aromatic rings. The first-order chi connectivity index (χ1) is 9.24. The number of hydrogen-bond donors (Lipinski definition) is 1. The lowest BCUT2D eigenvalue weighted by atomic mass is 10.0. The first-order valence-electron chi connectivity index (χ1n) is 8.12. The number of aliphatic hydroxyl groups excluding tert-OH is 1. The van der Waals surface area contributed by atoms with E-state index < -0.39 is 12.1 Å². The predicted octanol–water partition coefficient (Wildman–Crippen LogP) is 3.97. The van der Waals surface area contributed by atoms with Gasteiger partial charge in [-0.25, -0.2) is 4.79 Å². The summed E-state index contributed by atoms with van der Waals surface area (Å²) in [6.07, 6.45) is 13.4. The van der Waals surface area contributed by atoms with Crippen molar-refractivity contribution in [3.63, 3.8) is 0 Å². The minimum atomic E-state index is -0.876. The molecule has 0 amide bonds. The summed E-state index contributed by atoms with van der Waals surface area (Å²) in [5, 5.41) is 9.25. The van der Waals surface area contributed by atoms with Crippen LogP contribution in [-0.4, -0.2) is 23.3 Å². The van der Waals surface area contributed by atoms with Gasteiger partial charge in [-0.1, -0.05) is 58.3 Å². The third-order valence-electron chi connectivity index (χ3n) is 3.95. The molecule has 3 nitrogen and oxygen atoms in total. The summed E-state index contributed by atoms with van der Waals surface area (Å²) in [5.74, 6) is -0.424. The van der Waals surface area contributed by atoms with Crippen molar-refractivity contribution in [2.45, 2.75) is 96.2 Å². The SMILES string of the molecule is CCCCCCCCCCC[C@@H]1CCC(O)C(=O)O1. The van der Waals surface area contributed by atoms with Gasteiger partial charge in [0.1, 0.15) is 6.10 Å². The average Bonchev–Trinajstić information content (AvgIpc) is 2.41. The summed E-state index contributed by atoms with van der Waals surface area (Å²) >= 11 is 0. The van der Waals surface area contributed by atoms with Crippen molar-refractivity contribution in [3.05, 3.63) is 0 Å². The van der Waals surface area contributed by atoms with Crippen LogP contribution in [-0.2, 0) is 9.53 Å². The minimum Gasteiger partial charge on any atom is -0.460 e. The molecule has 19 heavy (non-hydrogen) atoms. The Morgan fingerprint density at radius 2 is 1.58 bits per heavy atom. The molecule has 0 saturated carbocycles. The highest BCUT2D eigenvalue weighted by molar-refractivity contribution is 5.75. The maximum Gasteiger partial charge on any atom is 0.335 e. The molecule has 0 aliphatic carbocycles. The number of aliphatic hydroxyl groups is 1. The largest absolute Gasteiger partial charge is 0.460 e. The van der Waals surface area contributed by atoms with Crippen LogP contribution in [0.4, 0.5) is 0 Å². The Morgan fingerprint density at radius 1 is 1.00 bits per heavy atom. The summed E-state index contributed by atoms with van der Waals surface area (Å²) < 4.78 is 5.18. The zero-order valence-electron chi connectivity index (χ0n) is 12.4. The van der Waals surface area contributed by atoms with Crippen molar-refractivity contribution < 1.29 is 14.6 Å². The number of unbranched alkanes of at least 4 members (excludes halogenated alkanes) is 8. The molecule has 0 aromatic heterocycles. The molecule has 2 atom stereocenters. The molecule has 1 unspecified atom stereocenters. The molecule has 1 heterocycles. The second-order valence-corrected chi connectivity index (χ2v) is 5.77. The van der Waals surface area contributed by atoms with Gasteiger partial charge in [0.05, 0.1) is 0 Å². The molecule has 0 aromatic carbocycles. The van der Waals surface area contributed by atoms with Crippen molar-refractivity contribution in [1.29, 1.82) is 0 Å². The highest BCUT2D eigenvalue weighted by Gasteiger charge is 2.27. The zero-order chi connectivity index (χ0) is 13.9. The lowest BCUT2D eigenvalue weighted by Gasteiger charge is -2.25. The van der Waals surface area contributed by atoms with E-state index in [-0.39, 0.29) is 6.10 Å². The lowest BCUT2D eigenvalue weighted by molar-refractivity contribution is -0.167. The lowest BCUT2D eigenvalue weighted by Crippen LogP contribution is -2.34. The minimum absolute atomic E-state index is 0.0560. The van der Waals surface area contributed by atoms with E-state index in [4.69, 9.17) is 4.74 Å². The normalized spacial score (nSPS) is 23.4. The summed E-state index contributed by atoms with van der Waals surface area (Å²) in [5.41, 5.74) is 0. The predicted molar refractivity (Wildman–Crippen MR) is 77.0 cm³/mol. The third kappa shape index (κ3) is 7.56. The van der Waals surface area contributed by atoms with Gasteiger partial charge in [-0.05, 0) is 25.7 Å². The van der Waals surface area contributed by atoms with Crippen LogP contribution in [0, 0.1) is 0 Å². The quantitative estimate of drug-likeness (QED) is 0.482. The Bertz CT molecular complexity index is 240. The van der Waals surface area contributed by atoms with Gasteiger partial charge in [0.25, 0.3) is 0 Å². The average molecular weight is 270 g/mol. The number of ether oxygens (including phenoxy) is 1. The van der Waals surface area contributed by atoms with Crippen molar-refractivity contribution in [2.24, 2.45) is 0 Å². The fourth-order valence-corrected chi connectivity index (χ4v) is 2.65. The maximum absolute atomic E-state index is 11.2. The van der Waals surface area contributed by atoms with Crippen molar-refractivity contribution in [3.8, 4) is 0 Å². The molecular formula is C16H30O3. The number of cyclic esters (lactones) is 1.